The summed E-state index contributed by atoms with van der Waals surface area (Å²) in [6.07, 6.45) is 1.78. The number of nitrogens with one attached hydrogen (secondary N) is 1. The van der Waals surface area contributed by atoms with Gasteiger partial charge in [0.1, 0.15) is 5.75 Å². The minimum atomic E-state index is -0.124. The van der Waals surface area contributed by atoms with Crippen LogP contribution in [0.5, 0.6) is 5.75 Å². The van der Waals surface area contributed by atoms with Crippen LogP contribution in [0.2, 0.25) is 0 Å². The zero-order valence-electron chi connectivity index (χ0n) is 12.8. The van der Waals surface area contributed by atoms with Gasteiger partial charge in [-0.3, -0.25) is 9.88 Å². The zero-order chi connectivity index (χ0) is 15.2. The van der Waals surface area contributed by atoms with Gasteiger partial charge in [0, 0.05) is 43.5 Å². The minimum absolute atomic E-state index is 0.124. The van der Waals surface area contributed by atoms with Gasteiger partial charge >= 0.3 is 0 Å². The molecule has 0 amide bonds. The molecule has 1 fully saturated rings. The number of hydrogen-bond acceptors (Lipinski definition) is 6. The molecule has 0 bridgehead atoms. The first-order valence-electron chi connectivity index (χ1n) is 7.47. The molecule has 3 N–H and O–H groups in total. The predicted molar refractivity (Wildman–Crippen MR) is 80.1 cm³/mol. The van der Waals surface area contributed by atoms with Gasteiger partial charge in [-0.2, -0.15) is 0 Å². The fraction of sp³-hybridized carbons (Fsp3) is 0.667. The summed E-state index contributed by atoms with van der Waals surface area (Å²) < 4.78 is 5.73. The molecule has 6 heteroatoms. The molecule has 0 aliphatic carbocycles. The average molecular weight is 295 g/mol. The molecule has 1 saturated heterocycles. The summed E-state index contributed by atoms with van der Waals surface area (Å²) in [6, 6.07) is 0. The summed E-state index contributed by atoms with van der Waals surface area (Å²) >= 11 is 0. The van der Waals surface area contributed by atoms with Crippen molar-refractivity contribution in [3.05, 3.63) is 23.0 Å². The van der Waals surface area contributed by atoms with Crippen molar-refractivity contribution in [1.29, 1.82) is 0 Å². The summed E-state index contributed by atoms with van der Waals surface area (Å²) in [6.45, 7) is 8.73. The summed E-state index contributed by atoms with van der Waals surface area (Å²) in [5.41, 5.74) is 1.95. The molecule has 1 aliphatic rings. The van der Waals surface area contributed by atoms with Gasteiger partial charge in [0.15, 0.2) is 0 Å². The lowest BCUT2D eigenvalue weighted by molar-refractivity contribution is -0.0254. The van der Waals surface area contributed by atoms with E-state index in [0.29, 0.717) is 23.4 Å². The third-order valence-corrected chi connectivity index (χ3v) is 3.94. The Bertz CT molecular complexity index is 468. The number of ether oxygens (including phenoxy) is 1. The number of aryl methyl sites for hydroxylation is 1. The SMILES string of the molecule is CCN1CCOC(CNCc2c(CO)cnc(C)c2O)C1. The average Bonchev–Trinajstić information content (AvgIpc) is 2.52. The molecule has 0 spiro atoms. The highest BCUT2D eigenvalue weighted by Gasteiger charge is 2.19. The van der Waals surface area contributed by atoms with Crippen molar-refractivity contribution in [3.63, 3.8) is 0 Å². The molecule has 0 aromatic carbocycles. The Morgan fingerprint density at radius 2 is 2.33 bits per heavy atom. The van der Waals surface area contributed by atoms with E-state index in [2.05, 4.69) is 22.1 Å². The molecule has 1 aliphatic heterocycles. The number of aliphatic hydroxyl groups is 1. The summed E-state index contributed by atoms with van der Waals surface area (Å²) in [5.74, 6) is 0.161. The molecular formula is C15H25N3O3. The van der Waals surface area contributed by atoms with Gasteiger partial charge in [-0.1, -0.05) is 6.92 Å². The second-order valence-corrected chi connectivity index (χ2v) is 5.37. The summed E-state index contributed by atoms with van der Waals surface area (Å²) in [4.78, 5) is 6.42. The maximum Gasteiger partial charge on any atom is 0.141 e. The fourth-order valence-corrected chi connectivity index (χ4v) is 2.57. The van der Waals surface area contributed by atoms with Crippen molar-refractivity contribution < 1.29 is 14.9 Å². The highest BCUT2D eigenvalue weighted by atomic mass is 16.5. The Kier molecular flexibility index (Phi) is 5.93. The highest BCUT2D eigenvalue weighted by Crippen LogP contribution is 2.23. The number of pyridine rings is 1. The van der Waals surface area contributed by atoms with Crippen molar-refractivity contribution in [2.24, 2.45) is 0 Å². The van der Waals surface area contributed by atoms with Gasteiger partial charge in [-0.15, -0.1) is 0 Å². The zero-order valence-corrected chi connectivity index (χ0v) is 12.8. The Morgan fingerprint density at radius 1 is 1.52 bits per heavy atom. The molecule has 21 heavy (non-hydrogen) atoms. The number of nitrogens with zero attached hydrogens (tertiary/aromatic N) is 2. The van der Waals surface area contributed by atoms with Crippen molar-refractivity contribution in [3.8, 4) is 5.75 Å². The van der Waals surface area contributed by atoms with Crippen LogP contribution < -0.4 is 5.32 Å². The van der Waals surface area contributed by atoms with Crippen molar-refractivity contribution >= 4 is 0 Å². The van der Waals surface area contributed by atoms with Crippen LogP contribution in [0, 0.1) is 6.92 Å². The lowest BCUT2D eigenvalue weighted by Gasteiger charge is -2.32. The molecule has 0 radical (unpaired) electrons. The maximum absolute atomic E-state index is 10.1. The molecular weight excluding hydrogens is 270 g/mol. The number of aromatic hydroxyl groups is 1. The van der Waals surface area contributed by atoms with Crippen molar-refractivity contribution in [2.45, 2.75) is 33.1 Å². The quantitative estimate of drug-likeness (QED) is 0.705. The van der Waals surface area contributed by atoms with Crippen LogP contribution in [0.4, 0.5) is 0 Å². The first kappa shape index (κ1) is 16.2. The van der Waals surface area contributed by atoms with Crippen LogP contribution in [-0.2, 0) is 17.9 Å². The van der Waals surface area contributed by atoms with Crippen molar-refractivity contribution in [1.82, 2.24) is 15.2 Å². The van der Waals surface area contributed by atoms with E-state index in [0.717, 1.165) is 32.8 Å². The second-order valence-electron chi connectivity index (χ2n) is 5.37. The first-order valence-corrected chi connectivity index (χ1v) is 7.47. The van der Waals surface area contributed by atoms with Gasteiger partial charge < -0.3 is 20.3 Å². The van der Waals surface area contributed by atoms with Gasteiger partial charge in [0.05, 0.1) is 25.0 Å². The van der Waals surface area contributed by atoms with Gasteiger partial charge in [0.25, 0.3) is 0 Å². The van der Waals surface area contributed by atoms with Crippen LogP contribution in [0.15, 0.2) is 6.20 Å². The number of aliphatic hydroxyl groups excluding tert-OH is 1. The Balaban J connectivity index is 1.90. The number of rotatable bonds is 6. The number of hydrogen-bond donors (Lipinski definition) is 3. The Labute approximate surface area is 125 Å². The summed E-state index contributed by atoms with van der Waals surface area (Å²) in [7, 11) is 0. The molecule has 1 unspecified atom stereocenters. The lowest BCUT2D eigenvalue weighted by Crippen LogP contribution is -2.46. The standard InChI is InChI=1S/C15H25N3O3/c1-3-18-4-5-21-13(9-18)7-16-8-14-12(10-19)6-17-11(2)15(14)20/h6,13,16,19-20H,3-5,7-10H2,1-2H3. The molecule has 6 nitrogen and oxygen atoms in total. The van der Waals surface area contributed by atoms with Crippen LogP contribution in [0.25, 0.3) is 0 Å². The van der Waals surface area contributed by atoms with Gasteiger partial charge in [-0.25, -0.2) is 0 Å². The minimum Gasteiger partial charge on any atom is -0.506 e. The normalized spacial score (nSPS) is 19.9. The predicted octanol–water partition coefficient (Wildman–Crippen LogP) is 0.398. The van der Waals surface area contributed by atoms with Crippen LogP contribution in [0.1, 0.15) is 23.7 Å². The number of likely N-dealkylation sites (N-methyl/N-ethyl adjacent to an activating group) is 1. The first-order chi connectivity index (χ1) is 10.2. The van der Waals surface area contributed by atoms with E-state index >= 15 is 0 Å². The Morgan fingerprint density at radius 3 is 3.05 bits per heavy atom. The van der Waals surface area contributed by atoms with E-state index in [4.69, 9.17) is 4.74 Å². The maximum atomic E-state index is 10.1. The molecule has 1 aromatic rings. The molecule has 118 valence electrons. The van der Waals surface area contributed by atoms with E-state index < -0.39 is 0 Å². The fourth-order valence-electron chi connectivity index (χ4n) is 2.57. The van der Waals surface area contributed by atoms with E-state index in [-0.39, 0.29) is 18.5 Å². The number of morpholine rings is 1. The van der Waals surface area contributed by atoms with Gasteiger partial charge in [0.2, 0.25) is 0 Å². The third kappa shape index (κ3) is 4.14. The molecule has 1 aromatic heterocycles. The smallest absolute Gasteiger partial charge is 0.141 e. The largest absolute Gasteiger partial charge is 0.506 e. The summed E-state index contributed by atoms with van der Waals surface area (Å²) in [5, 5.41) is 22.7. The topological polar surface area (TPSA) is 77.9 Å². The van der Waals surface area contributed by atoms with Crippen LogP contribution in [-0.4, -0.2) is 59.0 Å². The van der Waals surface area contributed by atoms with E-state index in [1.54, 1.807) is 13.1 Å². The lowest BCUT2D eigenvalue weighted by atomic mass is 10.1. The van der Waals surface area contributed by atoms with Crippen molar-refractivity contribution in [2.75, 3.05) is 32.8 Å². The molecule has 2 heterocycles. The monoisotopic (exact) mass is 295 g/mol. The van der Waals surface area contributed by atoms with Gasteiger partial charge in [-0.05, 0) is 13.5 Å². The molecule has 2 rings (SSSR count). The van der Waals surface area contributed by atoms with E-state index in [9.17, 15) is 10.2 Å². The Hall–Kier alpha value is -1.21. The highest BCUT2D eigenvalue weighted by molar-refractivity contribution is 5.40. The van der Waals surface area contributed by atoms with Crippen LogP contribution in [0.3, 0.4) is 0 Å². The number of aromatic nitrogens is 1. The van der Waals surface area contributed by atoms with E-state index in [1.807, 2.05) is 0 Å². The van der Waals surface area contributed by atoms with E-state index in [1.165, 1.54) is 0 Å². The molecule has 0 saturated carbocycles. The second kappa shape index (κ2) is 7.70. The third-order valence-electron chi connectivity index (χ3n) is 3.94. The van der Waals surface area contributed by atoms with Crippen LogP contribution >= 0.6 is 0 Å². The molecule has 1 atom stereocenters.